The molecule has 1 heterocycles. The number of amides is 1. The molecule has 168 valence electrons. The summed E-state index contributed by atoms with van der Waals surface area (Å²) in [6, 6.07) is 17.3. The van der Waals surface area contributed by atoms with Gasteiger partial charge >= 0.3 is 0 Å². The summed E-state index contributed by atoms with van der Waals surface area (Å²) < 4.78 is 2.12. The lowest BCUT2D eigenvalue weighted by atomic mass is 10.1. The van der Waals surface area contributed by atoms with Crippen molar-refractivity contribution in [2.45, 2.75) is 38.0 Å². The van der Waals surface area contributed by atoms with Crippen LogP contribution in [0.25, 0.3) is 0 Å². The fraction of sp³-hybridized carbons (Fsp3) is 0.333. The molecular formula is C24H30N5O2S+. The van der Waals surface area contributed by atoms with Crippen LogP contribution in [0.1, 0.15) is 48.1 Å². The van der Waals surface area contributed by atoms with Crippen molar-refractivity contribution in [1.82, 2.24) is 14.8 Å². The highest BCUT2D eigenvalue weighted by atomic mass is 32.2. The molecule has 3 rings (SSSR count). The Morgan fingerprint density at radius 1 is 1.06 bits per heavy atom. The van der Waals surface area contributed by atoms with Crippen molar-refractivity contribution in [2.75, 3.05) is 25.2 Å². The highest BCUT2D eigenvalue weighted by Crippen LogP contribution is 2.23. The van der Waals surface area contributed by atoms with Crippen molar-refractivity contribution in [2.24, 2.45) is 0 Å². The average Bonchev–Trinajstić information content (AvgIpc) is 3.15. The number of carbonyl (C=O) groups excluding carboxylic acids is 2. The fourth-order valence-corrected chi connectivity index (χ4v) is 4.29. The third-order valence-corrected chi connectivity index (χ3v) is 6.22. The van der Waals surface area contributed by atoms with Crippen LogP contribution in [0.15, 0.2) is 59.8 Å². The standard InChI is InChI=1S/C24H29N5O2S/c1-5-21(28(3)4)23-26-27-24(29(23)15-18-9-7-6-8-10-18)32-16-22(31)25-20-13-11-19(12-14-20)17(2)30/h6-14,21H,5,15-16H2,1-4H3,(H,25,31)/p+1/t21-/m1/s1. The Labute approximate surface area is 193 Å². The molecule has 1 amide bonds. The second-order valence-electron chi connectivity index (χ2n) is 7.92. The lowest BCUT2D eigenvalue weighted by Crippen LogP contribution is -3.06. The van der Waals surface area contributed by atoms with Gasteiger partial charge in [0.05, 0.1) is 26.4 Å². The van der Waals surface area contributed by atoms with E-state index in [4.69, 9.17) is 0 Å². The van der Waals surface area contributed by atoms with Crippen molar-refractivity contribution in [3.63, 3.8) is 0 Å². The molecule has 7 nitrogen and oxygen atoms in total. The van der Waals surface area contributed by atoms with Crippen molar-refractivity contribution in [3.8, 4) is 0 Å². The SMILES string of the molecule is CC[C@H](c1nnc(SCC(=O)Nc2ccc(C(C)=O)cc2)n1Cc1ccccc1)[NH+](C)C. The summed E-state index contributed by atoms with van der Waals surface area (Å²) in [6.07, 6.45) is 0.941. The van der Waals surface area contributed by atoms with Gasteiger partial charge in [-0.1, -0.05) is 49.0 Å². The molecule has 0 unspecified atom stereocenters. The highest BCUT2D eigenvalue weighted by Gasteiger charge is 2.25. The predicted octanol–water partition coefficient (Wildman–Crippen LogP) is 2.86. The van der Waals surface area contributed by atoms with E-state index in [1.165, 1.54) is 23.6 Å². The summed E-state index contributed by atoms with van der Waals surface area (Å²) >= 11 is 1.38. The number of anilines is 1. The zero-order chi connectivity index (χ0) is 23.1. The number of aromatic nitrogens is 3. The molecule has 32 heavy (non-hydrogen) atoms. The number of benzene rings is 2. The molecule has 0 aliphatic carbocycles. The summed E-state index contributed by atoms with van der Waals surface area (Å²) in [7, 11) is 4.24. The topological polar surface area (TPSA) is 81.3 Å². The van der Waals surface area contributed by atoms with Crippen LogP contribution in [0.3, 0.4) is 0 Å². The molecule has 1 aromatic heterocycles. The third kappa shape index (κ3) is 6.05. The van der Waals surface area contributed by atoms with E-state index < -0.39 is 0 Å². The van der Waals surface area contributed by atoms with Gasteiger partial charge in [-0.05, 0) is 36.8 Å². The van der Waals surface area contributed by atoms with Gasteiger partial charge in [-0.3, -0.25) is 14.2 Å². The maximum atomic E-state index is 12.5. The van der Waals surface area contributed by atoms with Crippen LogP contribution in [0.5, 0.6) is 0 Å². The minimum absolute atomic E-state index is 0.00284. The van der Waals surface area contributed by atoms with Crippen molar-refractivity contribution < 1.29 is 14.5 Å². The van der Waals surface area contributed by atoms with Crippen LogP contribution in [0, 0.1) is 0 Å². The van der Waals surface area contributed by atoms with Crippen LogP contribution in [-0.2, 0) is 11.3 Å². The molecule has 2 N–H and O–H groups in total. The van der Waals surface area contributed by atoms with Crippen LogP contribution >= 0.6 is 11.8 Å². The molecule has 0 saturated carbocycles. The first-order valence-electron chi connectivity index (χ1n) is 10.7. The van der Waals surface area contributed by atoms with Crippen LogP contribution in [0.4, 0.5) is 5.69 Å². The number of hydrogen-bond donors (Lipinski definition) is 2. The number of carbonyl (C=O) groups is 2. The van der Waals surface area contributed by atoms with E-state index in [2.05, 4.69) is 53.2 Å². The lowest BCUT2D eigenvalue weighted by Gasteiger charge is -2.20. The van der Waals surface area contributed by atoms with Crippen molar-refractivity contribution in [1.29, 1.82) is 0 Å². The summed E-state index contributed by atoms with van der Waals surface area (Å²) in [5.41, 5.74) is 2.44. The second-order valence-corrected chi connectivity index (χ2v) is 8.86. The van der Waals surface area contributed by atoms with Gasteiger partial charge < -0.3 is 10.2 Å². The van der Waals surface area contributed by atoms with Crippen molar-refractivity contribution in [3.05, 3.63) is 71.5 Å². The Morgan fingerprint density at radius 3 is 2.34 bits per heavy atom. The van der Waals surface area contributed by atoms with E-state index in [-0.39, 0.29) is 23.5 Å². The maximum Gasteiger partial charge on any atom is 0.234 e. The molecule has 8 heteroatoms. The van der Waals surface area contributed by atoms with Gasteiger partial charge in [0.15, 0.2) is 16.8 Å². The zero-order valence-corrected chi connectivity index (χ0v) is 19.8. The number of thioether (sulfide) groups is 1. The smallest absolute Gasteiger partial charge is 0.234 e. The Kier molecular flexibility index (Phi) is 8.19. The number of Topliss-reactive ketones (excluding diaryl/α,β-unsaturated/α-hetero) is 1. The first-order chi connectivity index (χ1) is 15.4. The van der Waals surface area contributed by atoms with E-state index in [1.807, 2.05) is 18.2 Å². The third-order valence-electron chi connectivity index (χ3n) is 5.25. The summed E-state index contributed by atoms with van der Waals surface area (Å²) in [4.78, 5) is 25.2. The Morgan fingerprint density at radius 2 is 1.75 bits per heavy atom. The molecule has 0 aliphatic rings. The molecule has 2 aromatic carbocycles. The van der Waals surface area contributed by atoms with E-state index >= 15 is 0 Å². The maximum absolute atomic E-state index is 12.5. The van der Waals surface area contributed by atoms with E-state index in [1.54, 1.807) is 24.3 Å². The van der Waals surface area contributed by atoms with E-state index in [9.17, 15) is 9.59 Å². The van der Waals surface area contributed by atoms with Gasteiger partial charge in [-0.2, -0.15) is 0 Å². The monoisotopic (exact) mass is 452 g/mol. The average molecular weight is 453 g/mol. The zero-order valence-electron chi connectivity index (χ0n) is 19.0. The molecule has 0 bridgehead atoms. The number of rotatable bonds is 10. The Hall–Kier alpha value is -2.97. The van der Waals surface area contributed by atoms with E-state index in [0.717, 1.165) is 23.0 Å². The van der Waals surface area contributed by atoms with Gasteiger partial charge in [0.25, 0.3) is 0 Å². The number of quaternary nitrogens is 1. The molecule has 0 aliphatic heterocycles. The number of nitrogens with one attached hydrogen (secondary N) is 2. The first-order valence-corrected chi connectivity index (χ1v) is 11.7. The van der Waals surface area contributed by atoms with Crippen molar-refractivity contribution >= 4 is 29.1 Å². The second kappa shape index (κ2) is 11.1. The minimum atomic E-state index is -0.133. The molecule has 1 atom stereocenters. The summed E-state index contributed by atoms with van der Waals surface area (Å²) in [5.74, 6) is 1.01. The van der Waals surface area contributed by atoms with Gasteiger partial charge in [0, 0.05) is 17.7 Å². The quantitative estimate of drug-likeness (QED) is 0.365. The minimum Gasteiger partial charge on any atom is -0.331 e. The predicted molar refractivity (Wildman–Crippen MR) is 127 cm³/mol. The van der Waals surface area contributed by atoms with Crippen LogP contribution in [0.2, 0.25) is 0 Å². The first kappa shape index (κ1) is 23.7. The molecule has 3 aromatic rings. The number of nitrogens with zero attached hydrogens (tertiary/aromatic N) is 3. The fourth-order valence-electron chi connectivity index (χ4n) is 3.54. The normalized spacial score (nSPS) is 12.0. The Balaban J connectivity index is 1.74. The van der Waals surface area contributed by atoms with Gasteiger partial charge in [-0.15, -0.1) is 10.2 Å². The largest absolute Gasteiger partial charge is 0.331 e. The molecule has 0 radical (unpaired) electrons. The number of ketones is 1. The van der Waals surface area contributed by atoms with Gasteiger partial charge in [-0.25, -0.2) is 0 Å². The molecule has 0 saturated heterocycles. The molecule has 0 spiro atoms. The summed E-state index contributed by atoms with van der Waals surface area (Å²) in [6.45, 7) is 4.32. The van der Waals surface area contributed by atoms with Gasteiger partial charge in [0.2, 0.25) is 5.91 Å². The van der Waals surface area contributed by atoms with Gasteiger partial charge in [0.1, 0.15) is 6.04 Å². The summed E-state index contributed by atoms with van der Waals surface area (Å²) in [5, 5.41) is 12.5. The van der Waals surface area contributed by atoms with E-state index in [0.29, 0.717) is 17.8 Å². The highest BCUT2D eigenvalue weighted by molar-refractivity contribution is 7.99. The molecular weight excluding hydrogens is 422 g/mol. The van der Waals surface area contributed by atoms with Crippen LogP contribution < -0.4 is 10.2 Å². The lowest BCUT2D eigenvalue weighted by molar-refractivity contribution is -0.893. The number of hydrogen-bond acceptors (Lipinski definition) is 5. The molecule has 0 fully saturated rings. The Bertz CT molecular complexity index is 1050. The van der Waals surface area contributed by atoms with Crippen LogP contribution in [-0.4, -0.2) is 46.3 Å².